The average Bonchev–Trinajstić information content (AvgIpc) is 2.83. The first-order valence-electron chi connectivity index (χ1n) is 12.8. The monoisotopic (exact) mass is 544 g/mol. The number of rotatable bonds is 11. The standard InChI is InChI=1S/C27H37N4O6P/c1-15(2)11-17(24(32)30-22(12-16(3)4)25(33)29-5)13-38(36,37)14-31-26(34)19-8-6-7-18-21(28)10-9-20(23(18)19)27(31)35/h6-10,15-17,22H,11-14,28H2,1-5H3,(H,29,33)(H,30,32)(H,36,37)/t17?,22-/m0/s1. The zero-order valence-electron chi connectivity index (χ0n) is 22.5. The summed E-state index contributed by atoms with van der Waals surface area (Å²) in [6, 6.07) is 7.20. The van der Waals surface area contributed by atoms with Crippen molar-refractivity contribution in [2.24, 2.45) is 17.8 Å². The van der Waals surface area contributed by atoms with Crippen molar-refractivity contribution in [3.05, 3.63) is 41.5 Å². The quantitative estimate of drug-likeness (QED) is 0.192. The van der Waals surface area contributed by atoms with Gasteiger partial charge in [-0.2, -0.15) is 0 Å². The Morgan fingerprint density at radius 3 is 2.16 bits per heavy atom. The molecule has 2 aromatic carbocycles. The third kappa shape index (κ3) is 6.42. The number of nitrogens with zero attached hydrogens (tertiary/aromatic N) is 1. The number of carbonyl (C=O) groups is 4. The van der Waals surface area contributed by atoms with Crippen LogP contribution in [0.5, 0.6) is 0 Å². The molecule has 0 fully saturated rings. The molecule has 3 rings (SSSR count). The fourth-order valence-electron chi connectivity index (χ4n) is 4.92. The summed E-state index contributed by atoms with van der Waals surface area (Å²) >= 11 is 0. The number of benzene rings is 2. The Kier molecular flexibility index (Phi) is 9.00. The SMILES string of the molecule is CNC(=O)[C@H](CC(C)C)NC(=O)C(CC(C)C)CP(=O)(O)CN1C(=O)c2cccc3c(N)ccc(c23)C1=O. The predicted molar refractivity (Wildman–Crippen MR) is 147 cm³/mol. The van der Waals surface area contributed by atoms with Gasteiger partial charge in [-0.25, -0.2) is 0 Å². The van der Waals surface area contributed by atoms with Crippen molar-refractivity contribution in [2.75, 3.05) is 25.2 Å². The van der Waals surface area contributed by atoms with Crippen molar-refractivity contribution in [3.8, 4) is 0 Å². The van der Waals surface area contributed by atoms with Crippen LogP contribution in [-0.2, 0) is 14.2 Å². The second-order valence-corrected chi connectivity index (χ2v) is 13.1. The summed E-state index contributed by atoms with van der Waals surface area (Å²) in [5.74, 6) is -2.98. The number of anilines is 1. The maximum absolute atomic E-state index is 13.5. The lowest BCUT2D eigenvalue weighted by molar-refractivity contribution is -0.131. The number of nitrogens with two attached hydrogens (primary N) is 1. The van der Waals surface area contributed by atoms with E-state index in [1.54, 1.807) is 24.3 Å². The first kappa shape index (κ1) is 29.3. The van der Waals surface area contributed by atoms with Crippen LogP contribution in [0.1, 0.15) is 61.3 Å². The fraction of sp³-hybridized carbons (Fsp3) is 0.481. The van der Waals surface area contributed by atoms with Gasteiger partial charge in [0.1, 0.15) is 12.3 Å². The van der Waals surface area contributed by atoms with E-state index in [0.29, 0.717) is 29.3 Å². The Morgan fingerprint density at radius 2 is 1.58 bits per heavy atom. The molecule has 0 aliphatic carbocycles. The number of likely N-dealkylation sites (N-methyl/N-ethyl adjacent to an activating group) is 1. The minimum Gasteiger partial charge on any atom is -0.398 e. The summed E-state index contributed by atoms with van der Waals surface area (Å²) in [6.45, 7) is 7.62. The van der Waals surface area contributed by atoms with Gasteiger partial charge in [0.05, 0.1) is 0 Å². The maximum atomic E-state index is 13.5. The van der Waals surface area contributed by atoms with Gasteiger partial charge in [0, 0.05) is 46.7 Å². The smallest absolute Gasteiger partial charge is 0.261 e. The normalized spacial score (nSPS) is 16.5. The first-order valence-corrected chi connectivity index (χ1v) is 14.8. The predicted octanol–water partition coefficient (Wildman–Crippen LogP) is 3.19. The Morgan fingerprint density at radius 1 is 0.974 bits per heavy atom. The van der Waals surface area contributed by atoms with E-state index in [4.69, 9.17) is 5.73 Å². The number of nitrogen functional groups attached to an aromatic ring is 1. The number of hydrogen-bond acceptors (Lipinski definition) is 6. The second kappa shape index (κ2) is 11.7. The highest BCUT2D eigenvalue weighted by Crippen LogP contribution is 2.46. The summed E-state index contributed by atoms with van der Waals surface area (Å²) in [4.78, 5) is 63.9. The van der Waals surface area contributed by atoms with Crippen molar-refractivity contribution in [1.82, 2.24) is 15.5 Å². The van der Waals surface area contributed by atoms with Crippen LogP contribution in [0.15, 0.2) is 30.3 Å². The third-order valence-corrected chi connectivity index (χ3v) is 8.34. The third-order valence-electron chi connectivity index (χ3n) is 6.61. The number of nitrogens with one attached hydrogen (secondary N) is 2. The number of carbonyl (C=O) groups excluding carboxylic acids is 4. The lowest BCUT2D eigenvalue weighted by Gasteiger charge is -2.30. The van der Waals surface area contributed by atoms with Crippen LogP contribution in [0.4, 0.5) is 5.69 Å². The molecule has 0 saturated carbocycles. The lowest BCUT2D eigenvalue weighted by atomic mass is 9.93. The van der Waals surface area contributed by atoms with Crippen molar-refractivity contribution >= 4 is 47.5 Å². The van der Waals surface area contributed by atoms with E-state index in [1.165, 1.54) is 13.1 Å². The Balaban J connectivity index is 1.84. The molecule has 0 saturated heterocycles. The first-order chi connectivity index (χ1) is 17.8. The minimum absolute atomic E-state index is 0.0162. The average molecular weight is 545 g/mol. The van der Waals surface area contributed by atoms with Crippen LogP contribution in [0, 0.1) is 17.8 Å². The lowest BCUT2D eigenvalue weighted by Crippen LogP contribution is -2.49. The molecule has 0 spiro atoms. The Bertz CT molecular complexity index is 1290. The maximum Gasteiger partial charge on any atom is 0.261 e. The van der Waals surface area contributed by atoms with Crippen LogP contribution < -0.4 is 16.4 Å². The van der Waals surface area contributed by atoms with Gasteiger partial charge in [-0.15, -0.1) is 0 Å². The van der Waals surface area contributed by atoms with Crippen LogP contribution in [-0.4, -0.2) is 59.0 Å². The zero-order valence-corrected chi connectivity index (χ0v) is 23.4. The van der Waals surface area contributed by atoms with Crippen LogP contribution in [0.25, 0.3) is 10.8 Å². The molecule has 11 heteroatoms. The molecule has 2 unspecified atom stereocenters. The van der Waals surface area contributed by atoms with Crippen molar-refractivity contribution in [3.63, 3.8) is 0 Å². The molecule has 1 aliphatic rings. The Hall–Kier alpha value is -3.23. The summed E-state index contributed by atoms with van der Waals surface area (Å²) < 4.78 is 13.5. The van der Waals surface area contributed by atoms with Crippen molar-refractivity contribution in [1.29, 1.82) is 0 Å². The number of hydrogen-bond donors (Lipinski definition) is 4. The van der Waals surface area contributed by atoms with Crippen LogP contribution >= 0.6 is 7.37 Å². The minimum atomic E-state index is -4.20. The molecule has 5 N–H and O–H groups in total. The van der Waals surface area contributed by atoms with Gasteiger partial charge in [-0.05, 0) is 42.9 Å². The molecule has 0 radical (unpaired) electrons. The summed E-state index contributed by atoms with van der Waals surface area (Å²) in [5, 5.41) is 6.27. The molecule has 206 valence electrons. The Labute approximate surface area is 222 Å². The zero-order chi connectivity index (χ0) is 28.4. The van der Waals surface area contributed by atoms with Crippen LogP contribution in [0.2, 0.25) is 0 Å². The molecule has 10 nitrogen and oxygen atoms in total. The molecule has 1 heterocycles. The summed E-state index contributed by atoms with van der Waals surface area (Å²) in [5.41, 5.74) is 6.90. The van der Waals surface area contributed by atoms with Gasteiger partial charge in [0.15, 0.2) is 0 Å². The largest absolute Gasteiger partial charge is 0.398 e. The van der Waals surface area contributed by atoms with E-state index < -0.39 is 49.5 Å². The molecule has 2 aromatic rings. The highest BCUT2D eigenvalue weighted by atomic mass is 31.2. The molecule has 3 atom stereocenters. The fourth-order valence-corrected chi connectivity index (χ4v) is 6.74. The van der Waals surface area contributed by atoms with E-state index >= 15 is 0 Å². The van der Waals surface area contributed by atoms with E-state index in [2.05, 4.69) is 10.6 Å². The second-order valence-electron chi connectivity index (χ2n) is 10.8. The molecule has 4 amide bonds. The topological polar surface area (TPSA) is 159 Å². The van der Waals surface area contributed by atoms with Gasteiger partial charge in [-0.1, -0.05) is 39.8 Å². The molecule has 1 aliphatic heterocycles. The van der Waals surface area contributed by atoms with Gasteiger partial charge < -0.3 is 21.3 Å². The van der Waals surface area contributed by atoms with E-state index in [0.717, 1.165) is 4.90 Å². The summed E-state index contributed by atoms with van der Waals surface area (Å²) in [7, 11) is -2.72. The molecular formula is C27H37N4O6P. The molecule has 0 aromatic heterocycles. The highest BCUT2D eigenvalue weighted by molar-refractivity contribution is 7.58. The highest BCUT2D eigenvalue weighted by Gasteiger charge is 2.39. The van der Waals surface area contributed by atoms with Gasteiger partial charge >= 0.3 is 0 Å². The number of amides is 4. The van der Waals surface area contributed by atoms with Crippen molar-refractivity contribution in [2.45, 2.75) is 46.6 Å². The molecular weight excluding hydrogens is 507 g/mol. The van der Waals surface area contributed by atoms with Gasteiger partial charge in [-0.3, -0.25) is 28.6 Å². The van der Waals surface area contributed by atoms with E-state index in [-0.39, 0.29) is 28.9 Å². The van der Waals surface area contributed by atoms with E-state index in [9.17, 15) is 28.6 Å². The van der Waals surface area contributed by atoms with Gasteiger partial charge in [0.25, 0.3) is 11.8 Å². The van der Waals surface area contributed by atoms with Crippen LogP contribution in [0.3, 0.4) is 0 Å². The van der Waals surface area contributed by atoms with E-state index in [1.807, 2.05) is 27.7 Å². The van der Waals surface area contributed by atoms with Crippen molar-refractivity contribution < 1.29 is 28.6 Å². The summed E-state index contributed by atoms with van der Waals surface area (Å²) in [6.07, 6.45) is -0.461. The van der Waals surface area contributed by atoms with Gasteiger partial charge in [0.2, 0.25) is 19.2 Å². The molecule has 0 bridgehead atoms. The molecule has 38 heavy (non-hydrogen) atoms. The number of imide groups is 1.